The normalized spacial score (nSPS) is 13.7. The lowest BCUT2D eigenvalue weighted by molar-refractivity contribution is 0.115. The van der Waals surface area contributed by atoms with Gasteiger partial charge in [-0.25, -0.2) is 17.4 Å². The Labute approximate surface area is 180 Å². The minimum atomic E-state index is -4.02. The van der Waals surface area contributed by atoms with Crippen molar-refractivity contribution in [3.05, 3.63) is 119 Å². The van der Waals surface area contributed by atoms with E-state index in [0.717, 1.165) is 3.97 Å². The second kappa shape index (κ2) is 7.72. The summed E-state index contributed by atoms with van der Waals surface area (Å²) in [4.78, 5) is 4.42. The number of hydrogen-bond donors (Lipinski definition) is 1. The molecule has 0 bridgehead atoms. The summed E-state index contributed by atoms with van der Waals surface area (Å²) in [6.07, 6.45) is 2.69. The summed E-state index contributed by atoms with van der Waals surface area (Å²) in [6.45, 7) is 1.72. The molecule has 3 aromatic carbocycles. The van der Waals surface area contributed by atoms with Gasteiger partial charge >= 0.3 is 0 Å². The van der Waals surface area contributed by atoms with Gasteiger partial charge in [0.2, 0.25) is 0 Å². The standard InChI is InChI=1S/C23H19ClN2O3S/c1-17-9-5-8-14-21(17)30(28,29)26-16-15-25-22(26)23(27,18-10-3-2-4-11-18)19-12-6-7-13-20(19)24/h2-16,27H,1H3. The van der Waals surface area contributed by atoms with Crippen LogP contribution in [0, 0.1) is 6.92 Å². The molecule has 5 nitrogen and oxygen atoms in total. The molecule has 152 valence electrons. The summed E-state index contributed by atoms with van der Waals surface area (Å²) in [5.74, 6) is -0.0648. The predicted octanol–water partition coefficient (Wildman–Crippen LogP) is 4.37. The molecule has 0 fully saturated rings. The Hall–Kier alpha value is -2.93. The first-order valence-corrected chi connectivity index (χ1v) is 11.1. The van der Waals surface area contributed by atoms with E-state index in [0.29, 0.717) is 21.7 Å². The molecule has 30 heavy (non-hydrogen) atoms. The average Bonchev–Trinajstić information content (AvgIpc) is 3.26. The molecule has 1 heterocycles. The zero-order chi connectivity index (χ0) is 21.4. The lowest BCUT2D eigenvalue weighted by Crippen LogP contribution is -2.34. The van der Waals surface area contributed by atoms with Gasteiger partial charge in [-0.3, -0.25) is 0 Å². The average molecular weight is 439 g/mol. The van der Waals surface area contributed by atoms with Crippen molar-refractivity contribution in [1.29, 1.82) is 0 Å². The van der Waals surface area contributed by atoms with Crippen LogP contribution in [0.4, 0.5) is 0 Å². The maximum absolute atomic E-state index is 13.5. The van der Waals surface area contributed by atoms with Gasteiger partial charge in [-0.1, -0.05) is 78.3 Å². The predicted molar refractivity (Wildman–Crippen MR) is 116 cm³/mol. The van der Waals surface area contributed by atoms with Crippen LogP contribution in [0.2, 0.25) is 5.02 Å². The molecule has 1 aromatic heterocycles. The number of aromatic nitrogens is 2. The Morgan fingerprint density at radius 3 is 2.27 bits per heavy atom. The largest absolute Gasteiger partial charge is 0.373 e. The summed E-state index contributed by atoms with van der Waals surface area (Å²) in [5, 5.41) is 12.3. The molecule has 0 aliphatic heterocycles. The van der Waals surface area contributed by atoms with Crippen molar-refractivity contribution in [2.75, 3.05) is 0 Å². The van der Waals surface area contributed by atoms with Crippen LogP contribution in [0.3, 0.4) is 0 Å². The first kappa shape index (κ1) is 20.3. The number of halogens is 1. The molecule has 1 N–H and O–H groups in total. The Balaban J connectivity index is 2.02. The number of imidazole rings is 1. The van der Waals surface area contributed by atoms with Crippen molar-refractivity contribution in [1.82, 2.24) is 8.96 Å². The maximum atomic E-state index is 13.5. The van der Waals surface area contributed by atoms with E-state index in [1.54, 1.807) is 73.7 Å². The fourth-order valence-electron chi connectivity index (χ4n) is 3.53. The molecule has 0 aliphatic rings. The van der Waals surface area contributed by atoms with Crippen LogP contribution >= 0.6 is 11.6 Å². The molecule has 0 amide bonds. The van der Waals surface area contributed by atoms with Crippen LogP contribution in [0.1, 0.15) is 22.5 Å². The van der Waals surface area contributed by atoms with Gasteiger partial charge < -0.3 is 5.11 Å². The highest BCUT2D eigenvalue weighted by atomic mass is 35.5. The van der Waals surface area contributed by atoms with Gasteiger partial charge in [0.1, 0.15) is 0 Å². The third-order valence-electron chi connectivity index (χ3n) is 5.02. The lowest BCUT2D eigenvalue weighted by atomic mass is 9.85. The Bertz CT molecular complexity index is 1300. The highest BCUT2D eigenvalue weighted by molar-refractivity contribution is 7.90. The van der Waals surface area contributed by atoms with Gasteiger partial charge in [0.15, 0.2) is 11.4 Å². The minimum Gasteiger partial charge on any atom is -0.373 e. The van der Waals surface area contributed by atoms with E-state index in [4.69, 9.17) is 11.6 Å². The molecule has 4 aromatic rings. The summed E-state index contributed by atoms with van der Waals surface area (Å²) < 4.78 is 28.0. The summed E-state index contributed by atoms with van der Waals surface area (Å²) in [5.41, 5.74) is -0.507. The highest BCUT2D eigenvalue weighted by Gasteiger charge is 2.41. The number of rotatable bonds is 5. The second-order valence-electron chi connectivity index (χ2n) is 6.87. The van der Waals surface area contributed by atoms with Gasteiger partial charge in [0.25, 0.3) is 10.0 Å². The number of benzene rings is 3. The van der Waals surface area contributed by atoms with Crippen molar-refractivity contribution in [3.8, 4) is 0 Å². The van der Waals surface area contributed by atoms with Crippen LogP contribution < -0.4 is 0 Å². The summed E-state index contributed by atoms with van der Waals surface area (Å²) in [7, 11) is -4.02. The zero-order valence-corrected chi connectivity index (χ0v) is 17.7. The zero-order valence-electron chi connectivity index (χ0n) is 16.1. The van der Waals surface area contributed by atoms with Gasteiger partial charge in [-0.05, 0) is 30.2 Å². The maximum Gasteiger partial charge on any atom is 0.269 e. The van der Waals surface area contributed by atoms with Crippen LogP contribution in [0.25, 0.3) is 0 Å². The smallest absolute Gasteiger partial charge is 0.269 e. The number of nitrogens with zero attached hydrogens (tertiary/aromatic N) is 2. The van der Waals surface area contributed by atoms with Gasteiger partial charge in [0.05, 0.1) is 4.90 Å². The number of hydrogen-bond acceptors (Lipinski definition) is 4. The molecule has 0 spiro atoms. The summed E-state index contributed by atoms with van der Waals surface area (Å²) in [6, 6.07) is 22.2. The summed E-state index contributed by atoms with van der Waals surface area (Å²) >= 11 is 6.44. The van der Waals surface area contributed by atoms with Gasteiger partial charge in [0, 0.05) is 23.0 Å². The van der Waals surface area contributed by atoms with Crippen molar-refractivity contribution in [2.24, 2.45) is 0 Å². The Kier molecular flexibility index (Phi) is 5.24. The minimum absolute atomic E-state index is 0.0648. The molecule has 4 rings (SSSR count). The lowest BCUT2D eigenvalue weighted by Gasteiger charge is -2.30. The highest BCUT2D eigenvalue weighted by Crippen LogP contribution is 2.40. The number of aryl methyl sites for hydroxylation is 1. The van der Waals surface area contributed by atoms with Gasteiger partial charge in [-0.15, -0.1) is 0 Å². The SMILES string of the molecule is Cc1ccccc1S(=O)(=O)n1ccnc1C(O)(c1ccccc1)c1ccccc1Cl. The molecule has 1 atom stereocenters. The molecule has 0 saturated heterocycles. The van der Waals surface area contributed by atoms with E-state index in [-0.39, 0.29) is 10.7 Å². The van der Waals surface area contributed by atoms with E-state index >= 15 is 0 Å². The third-order valence-corrected chi connectivity index (χ3v) is 7.17. The molecule has 7 heteroatoms. The van der Waals surface area contributed by atoms with Gasteiger partial charge in [-0.2, -0.15) is 0 Å². The first-order valence-electron chi connectivity index (χ1n) is 9.24. The quantitative estimate of drug-likeness (QED) is 0.502. The molecule has 0 radical (unpaired) electrons. The van der Waals surface area contributed by atoms with Crippen molar-refractivity contribution >= 4 is 21.6 Å². The van der Waals surface area contributed by atoms with Crippen LogP contribution in [-0.2, 0) is 15.6 Å². The second-order valence-corrected chi connectivity index (χ2v) is 9.06. The van der Waals surface area contributed by atoms with E-state index < -0.39 is 15.6 Å². The third kappa shape index (κ3) is 3.23. The Morgan fingerprint density at radius 2 is 1.57 bits per heavy atom. The molecule has 0 aliphatic carbocycles. The van der Waals surface area contributed by atoms with E-state index in [1.165, 1.54) is 18.5 Å². The van der Waals surface area contributed by atoms with Crippen LogP contribution in [0.15, 0.2) is 96.2 Å². The van der Waals surface area contributed by atoms with E-state index in [2.05, 4.69) is 4.98 Å². The van der Waals surface area contributed by atoms with Crippen molar-refractivity contribution < 1.29 is 13.5 Å². The van der Waals surface area contributed by atoms with E-state index in [9.17, 15) is 13.5 Å². The molecular weight excluding hydrogens is 420 g/mol. The first-order chi connectivity index (χ1) is 14.4. The molecule has 1 unspecified atom stereocenters. The van der Waals surface area contributed by atoms with E-state index in [1.807, 2.05) is 6.07 Å². The van der Waals surface area contributed by atoms with Crippen molar-refractivity contribution in [2.45, 2.75) is 17.4 Å². The fourth-order valence-corrected chi connectivity index (χ4v) is 5.36. The monoisotopic (exact) mass is 438 g/mol. The Morgan fingerprint density at radius 1 is 0.933 bits per heavy atom. The molecular formula is C23H19ClN2O3S. The topological polar surface area (TPSA) is 72.2 Å². The fraction of sp³-hybridized carbons (Fsp3) is 0.0870. The number of aliphatic hydroxyl groups is 1. The van der Waals surface area contributed by atoms with Crippen molar-refractivity contribution in [3.63, 3.8) is 0 Å². The van der Waals surface area contributed by atoms with Crippen LogP contribution in [0.5, 0.6) is 0 Å². The molecule has 0 saturated carbocycles. The van der Waals surface area contributed by atoms with Crippen LogP contribution in [-0.4, -0.2) is 22.5 Å².